The molecule has 1 aromatic rings. The molecule has 1 aromatic carbocycles. The highest BCUT2D eigenvalue weighted by atomic mass is 35.5. The van der Waals surface area contributed by atoms with Crippen LogP contribution in [-0.4, -0.2) is 15.5 Å². The second-order valence-electron chi connectivity index (χ2n) is 3.06. The number of sulfonamides is 1. The fourth-order valence-electron chi connectivity index (χ4n) is 1.12. The summed E-state index contributed by atoms with van der Waals surface area (Å²) in [6.07, 6.45) is 0. The van der Waals surface area contributed by atoms with Crippen LogP contribution in [0.15, 0.2) is 18.2 Å². The van der Waals surface area contributed by atoms with Gasteiger partial charge in [0, 0.05) is 0 Å². The number of hydrogen-bond donors (Lipinski definition) is 1. The van der Waals surface area contributed by atoms with Crippen LogP contribution in [0.25, 0.3) is 0 Å². The van der Waals surface area contributed by atoms with E-state index in [1.807, 2.05) is 0 Å². The van der Waals surface area contributed by atoms with Crippen molar-refractivity contribution in [3.8, 4) is 0 Å². The molecule has 0 heterocycles. The van der Waals surface area contributed by atoms with Gasteiger partial charge in [-0.1, -0.05) is 17.7 Å². The molecule has 0 saturated carbocycles. The predicted molar refractivity (Wildman–Crippen MR) is 57.8 cm³/mol. The van der Waals surface area contributed by atoms with Crippen molar-refractivity contribution >= 4 is 21.6 Å². The summed E-state index contributed by atoms with van der Waals surface area (Å²) in [5, 5.41) is -0.841. The van der Waals surface area contributed by atoms with Gasteiger partial charge >= 0.3 is 0 Å². The maximum Gasteiger partial charge on any atom is 0.218 e. The van der Waals surface area contributed by atoms with Crippen molar-refractivity contribution in [1.82, 2.24) is 4.72 Å². The fourth-order valence-corrected chi connectivity index (χ4v) is 2.17. The van der Waals surface area contributed by atoms with Crippen LogP contribution in [0, 0.1) is 5.82 Å². The van der Waals surface area contributed by atoms with Crippen LogP contribution < -0.4 is 4.72 Å². The first-order chi connectivity index (χ1) is 6.88. The van der Waals surface area contributed by atoms with Crippen molar-refractivity contribution in [3.05, 3.63) is 34.6 Å². The van der Waals surface area contributed by atoms with Gasteiger partial charge in [-0.25, -0.2) is 17.5 Å². The van der Waals surface area contributed by atoms with E-state index in [9.17, 15) is 12.8 Å². The number of rotatable bonds is 3. The lowest BCUT2D eigenvalue weighted by Gasteiger charge is -2.12. The van der Waals surface area contributed by atoms with Crippen molar-refractivity contribution < 1.29 is 12.8 Å². The number of hydrogen-bond acceptors (Lipinski definition) is 2. The van der Waals surface area contributed by atoms with E-state index in [0.29, 0.717) is 5.56 Å². The third kappa shape index (κ3) is 2.68. The Hall–Kier alpha value is -0.650. The first-order valence-corrected chi connectivity index (χ1v) is 6.18. The zero-order valence-corrected chi connectivity index (χ0v) is 9.86. The SMILES string of the molecule is CNS(=O)(=O)C(C)c1ccc(F)c(Cl)c1. The van der Waals surface area contributed by atoms with Gasteiger partial charge in [-0.3, -0.25) is 0 Å². The summed E-state index contributed by atoms with van der Waals surface area (Å²) >= 11 is 5.56. The highest BCUT2D eigenvalue weighted by Crippen LogP contribution is 2.25. The van der Waals surface area contributed by atoms with E-state index in [4.69, 9.17) is 11.6 Å². The molecule has 0 amide bonds. The van der Waals surface area contributed by atoms with Crippen LogP contribution in [-0.2, 0) is 10.0 Å². The van der Waals surface area contributed by atoms with Gasteiger partial charge in [0.1, 0.15) is 5.82 Å². The monoisotopic (exact) mass is 251 g/mol. The van der Waals surface area contributed by atoms with Gasteiger partial charge in [0.25, 0.3) is 0 Å². The third-order valence-corrected chi connectivity index (χ3v) is 4.22. The summed E-state index contributed by atoms with van der Waals surface area (Å²) in [5.41, 5.74) is 0.454. The Morgan fingerprint density at radius 3 is 2.53 bits per heavy atom. The number of halogens is 2. The zero-order valence-electron chi connectivity index (χ0n) is 8.29. The molecule has 0 bridgehead atoms. The quantitative estimate of drug-likeness (QED) is 0.894. The molecular formula is C9H11ClFNO2S. The lowest BCUT2D eigenvalue weighted by molar-refractivity contribution is 0.577. The van der Waals surface area contributed by atoms with Crippen molar-refractivity contribution in [2.45, 2.75) is 12.2 Å². The van der Waals surface area contributed by atoms with Crippen LogP contribution in [0.4, 0.5) is 4.39 Å². The summed E-state index contributed by atoms with van der Waals surface area (Å²) in [4.78, 5) is 0. The van der Waals surface area contributed by atoms with Gasteiger partial charge in [-0.05, 0) is 31.7 Å². The minimum Gasteiger partial charge on any atom is -0.218 e. The molecule has 0 spiro atoms. The van der Waals surface area contributed by atoms with E-state index >= 15 is 0 Å². The molecule has 1 N–H and O–H groups in total. The van der Waals surface area contributed by atoms with E-state index in [0.717, 1.165) is 6.07 Å². The molecule has 6 heteroatoms. The molecular weight excluding hydrogens is 241 g/mol. The lowest BCUT2D eigenvalue weighted by Crippen LogP contribution is -2.24. The molecule has 15 heavy (non-hydrogen) atoms. The lowest BCUT2D eigenvalue weighted by atomic mass is 10.2. The molecule has 1 rings (SSSR count). The van der Waals surface area contributed by atoms with E-state index in [1.54, 1.807) is 0 Å². The standard InChI is InChI=1S/C9H11ClFNO2S/c1-6(15(13,14)12-2)7-3-4-9(11)8(10)5-7/h3-6,12H,1-2H3. The average Bonchev–Trinajstić information content (AvgIpc) is 2.21. The minimum absolute atomic E-state index is 0.0781. The summed E-state index contributed by atoms with van der Waals surface area (Å²) in [6.45, 7) is 1.51. The minimum atomic E-state index is -3.41. The van der Waals surface area contributed by atoms with Gasteiger partial charge in [-0.15, -0.1) is 0 Å². The average molecular weight is 252 g/mol. The van der Waals surface area contributed by atoms with Crippen LogP contribution in [0.2, 0.25) is 5.02 Å². The second kappa shape index (κ2) is 4.47. The molecule has 84 valence electrons. The van der Waals surface area contributed by atoms with Crippen molar-refractivity contribution in [2.75, 3.05) is 7.05 Å². The van der Waals surface area contributed by atoms with Gasteiger partial charge in [0.05, 0.1) is 10.3 Å². The molecule has 0 fully saturated rings. The smallest absolute Gasteiger partial charge is 0.218 e. The molecule has 0 aliphatic carbocycles. The molecule has 0 saturated heterocycles. The van der Waals surface area contributed by atoms with Crippen molar-refractivity contribution in [2.24, 2.45) is 0 Å². The Labute approximate surface area is 93.3 Å². The Bertz CT molecular complexity index is 461. The molecule has 0 aromatic heterocycles. The second-order valence-corrected chi connectivity index (χ2v) is 5.68. The van der Waals surface area contributed by atoms with Gasteiger partial charge in [-0.2, -0.15) is 0 Å². The van der Waals surface area contributed by atoms with Gasteiger partial charge < -0.3 is 0 Å². The molecule has 1 unspecified atom stereocenters. The summed E-state index contributed by atoms with van der Waals surface area (Å²) < 4.78 is 37.9. The Kier molecular flexibility index (Phi) is 3.70. The summed E-state index contributed by atoms with van der Waals surface area (Å²) in [7, 11) is -2.08. The molecule has 3 nitrogen and oxygen atoms in total. The van der Waals surface area contributed by atoms with Crippen LogP contribution in [0.3, 0.4) is 0 Å². The zero-order chi connectivity index (χ0) is 11.6. The molecule has 0 aliphatic rings. The molecule has 1 atom stereocenters. The number of benzene rings is 1. The predicted octanol–water partition coefficient (Wildman–Crippen LogP) is 2.09. The number of nitrogens with one attached hydrogen (secondary N) is 1. The van der Waals surface area contributed by atoms with E-state index in [1.165, 1.54) is 26.1 Å². The summed E-state index contributed by atoms with van der Waals surface area (Å²) in [5.74, 6) is -0.561. The summed E-state index contributed by atoms with van der Waals surface area (Å²) in [6, 6.07) is 3.87. The third-order valence-electron chi connectivity index (χ3n) is 2.16. The first-order valence-electron chi connectivity index (χ1n) is 4.26. The Balaban J connectivity index is 3.13. The Morgan fingerprint density at radius 1 is 1.47 bits per heavy atom. The molecule has 0 aliphatic heterocycles. The fraction of sp³-hybridized carbons (Fsp3) is 0.333. The van der Waals surface area contributed by atoms with Crippen molar-refractivity contribution in [3.63, 3.8) is 0 Å². The van der Waals surface area contributed by atoms with E-state index < -0.39 is 21.1 Å². The Morgan fingerprint density at radius 2 is 2.07 bits per heavy atom. The van der Waals surface area contributed by atoms with Crippen LogP contribution in [0.5, 0.6) is 0 Å². The normalized spacial score (nSPS) is 13.9. The first kappa shape index (κ1) is 12.4. The maximum atomic E-state index is 12.8. The van der Waals surface area contributed by atoms with E-state index in [2.05, 4.69) is 4.72 Å². The van der Waals surface area contributed by atoms with Gasteiger partial charge in [0.15, 0.2) is 0 Å². The highest BCUT2D eigenvalue weighted by molar-refractivity contribution is 7.89. The topological polar surface area (TPSA) is 46.2 Å². The largest absolute Gasteiger partial charge is 0.218 e. The maximum absolute atomic E-state index is 12.8. The molecule has 0 radical (unpaired) electrons. The van der Waals surface area contributed by atoms with Crippen LogP contribution in [0.1, 0.15) is 17.7 Å². The van der Waals surface area contributed by atoms with Crippen LogP contribution >= 0.6 is 11.6 Å². The van der Waals surface area contributed by atoms with E-state index in [-0.39, 0.29) is 5.02 Å². The van der Waals surface area contributed by atoms with Gasteiger partial charge in [0.2, 0.25) is 10.0 Å². The highest BCUT2D eigenvalue weighted by Gasteiger charge is 2.21. The van der Waals surface area contributed by atoms with Crippen molar-refractivity contribution in [1.29, 1.82) is 0 Å².